The van der Waals surface area contributed by atoms with Crippen LogP contribution < -0.4 is 16.2 Å². The molecule has 0 bridgehead atoms. The highest BCUT2D eigenvalue weighted by atomic mass is 19.1. The SMILES string of the molecule is CCn1c(=O)c2cnc(Nc3ccc4c(c3)CCNC4)nc2n1-c1cccc(C(C)(C)CF)n1. The molecular formula is C25H28FN7O. The fourth-order valence-corrected chi connectivity index (χ4v) is 4.28. The lowest BCUT2D eigenvalue weighted by Gasteiger charge is -2.21. The zero-order chi connectivity index (χ0) is 23.9. The number of benzene rings is 1. The summed E-state index contributed by atoms with van der Waals surface area (Å²) in [4.78, 5) is 26.9. The fraction of sp³-hybridized carbons (Fsp3) is 0.360. The number of pyridine rings is 1. The van der Waals surface area contributed by atoms with Gasteiger partial charge in [0.05, 0.1) is 5.69 Å². The molecule has 0 unspecified atom stereocenters. The van der Waals surface area contributed by atoms with Crippen molar-refractivity contribution in [1.29, 1.82) is 0 Å². The highest BCUT2D eigenvalue weighted by Crippen LogP contribution is 2.25. The van der Waals surface area contributed by atoms with Crippen LogP contribution in [-0.2, 0) is 24.9 Å². The monoisotopic (exact) mass is 461 g/mol. The molecule has 1 aliphatic heterocycles. The van der Waals surface area contributed by atoms with Crippen molar-refractivity contribution in [2.24, 2.45) is 0 Å². The Morgan fingerprint density at radius 2 is 2.03 bits per heavy atom. The minimum absolute atomic E-state index is 0.192. The Hall–Kier alpha value is -3.59. The molecule has 4 heterocycles. The molecule has 0 radical (unpaired) electrons. The highest BCUT2D eigenvalue weighted by molar-refractivity contribution is 5.77. The van der Waals surface area contributed by atoms with Gasteiger partial charge in [0.15, 0.2) is 11.5 Å². The summed E-state index contributed by atoms with van der Waals surface area (Å²) in [5.74, 6) is 0.905. The molecule has 1 aliphatic rings. The van der Waals surface area contributed by atoms with E-state index in [4.69, 9.17) is 9.97 Å². The van der Waals surface area contributed by atoms with Crippen LogP contribution in [0.3, 0.4) is 0 Å². The number of nitrogens with zero attached hydrogens (tertiary/aromatic N) is 5. The summed E-state index contributed by atoms with van der Waals surface area (Å²) < 4.78 is 16.9. The van der Waals surface area contributed by atoms with E-state index in [2.05, 4.69) is 27.8 Å². The van der Waals surface area contributed by atoms with E-state index in [1.165, 1.54) is 11.1 Å². The molecular weight excluding hydrogens is 433 g/mol. The van der Waals surface area contributed by atoms with E-state index in [1.54, 1.807) is 41.5 Å². The second-order valence-corrected chi connectivity index (χ2v) is 9.20. The number of aromatic nitrogens is 5. The number of anilines is 2. The molecule has 34 heavy (non-hydrogen) atoms. The van der Waals surface area contributed by atoms with Gasteiger partial charge in [0.2, 0.25) is 5.95 Å². The molecule has 0 saturated heterocycles. The van der Waals surface area contributed by atoms with Crippen LogP contribution in [0.1, 0.15) is 37.6 Å². The molecule has 0 saturated carbocycles. The van der Waals surface area contributed by atoms with E-state index in [1.807, 2.05) is 19.1 Å². The van der Waals surface area contributed by atoms with E-state index in [0.717, 1.165) is 25.2 Å². The Labute approximate surface area is 196 Å². The Morgan fingerprint density at radius 1 is 1.18 bits per heavy atom. The summed E-state index contributed by atoms with van der Waals surface area (Å²) in [6.45, 7) is 7.22. The smallest absolute Gasteiger partial charge is 0.278 e. The van der Waals surface area contributed by atoms with E-state index in [9.17, 15) is 9.18 Å². The van der Waals surface area contributed by atoms with Gasteiger partial charge in [-0.05, 0) is 55.3 Å². The minimum atomic E-state index is -0.736. The summed E-state index contributed by atoms with van der Waals surface area (Å²) >= 11 is 0. The first kappa shape index (κ1) is 22.2. The molecule has 3 aromatic heterocycles. The normalized spacial score (nSPS) is 13.8. The zero-order valence-corrected chi connectivity index (χ0v) is 19.6. The van der Waals surface area contributed by atoms with Crippen LogP contribution in [0.4, 0.5) is 16.0 Å². The Kier molecular flexibility index (Phi) is 5.65. The molecule has 0 fully saturated rings. The molecule has 9 heteroatoms. The average molecular weight is 462 g/mol. The first-order valence-corrected chi connectivity index (χ1v) is 11.5. The zero-order valence-electron chi connectivity index (χ0n) is 19.6. The molecule has 1 aromatic carbocycles. The summed E-state index contributed by atoms with van der Waals surface area (Å²) in [5, 5.41) is 7.06. The Balaban J connectivity index is 1.60. The van der Waals surface area contributed by atoms with Crippen LogP contribution in [0.5, 0.6) is 0 Å². The molecule has 176 valence electrons. The number of hydrogen-bond acceptors (Lipinski definition) is 6. The van der Waals surface area contributed by atoms with Crippen molar-refractivity contribution < 1.29 is 4.39 Å². The van der Waals surface area contributed by atoms with Gasteiger partial charge in [0, 0.05) is 30.4 Å². The van der Waals surface area contributed by atoms with Crippen LogP contribution in [-0.4, -0.2) is 37.5 Å². The lowest BCUT2D eigenvalue weighted by molar-refractivity contribution is 0.344. The summed E-state index contributed by atoms with van der Waals surface area (Å²) in [6.07, 6.45) is 2.52. The summed E-state index contributed by atoms with van der Waals surface area (Å²) in [5.41, 5.74) is 3.63. The van der Waals surface area contributed by atoms with Crippen LogP contribution in [0, 0.1) is 0 Å². The standard InChI is InChI=1S/C25H28FN7O/c1-4-32-23(34)19-14-28-24(29-18-9-8-17-13-27-11-10-16(17)12-18)31-22(19)33(32)21-7-5-6-20(30-21)25(2,3)15-26/h5-9,12,14,27H,4,10-11,13,15H2,1-3H3,(H,28,29,31). The lowest BCUT2D eigenvalue weighted by Crippen LogP contribution is -2.24. The number of alkyl halides is 1. The molecule has 0 aliphatic carbocycles. The predicted octanol–water partition coefficient (Wildman–Crippen LogP) is 3.63. The quantitative estimate of drug-likeness (QED) is 0.456. The molecule has 4 aromatic rings. The topological polar surface area (TPSA) is 89.7 Å². The minimum Gasteiger partial charge on any atom is -0.324 e. The fourth-order valence-electron chi connectivity index (χ4n) is 4.28. The average Bonchev–Trinajstić information content (AvgIpc) is 3.14. The molecule has 2 N–H and O–H groups in total. The van der Waals surface area contributed by atoms with Gasteiger partial charge in [0.25, 0.3) is 5.56 Å². The Morgan fingerprint density at radius 3 is 2.82 bits per heavy atom. The molecule has 0 amide bonds. The van der Waals surface area contributed by atoms with Gasteiger partial charge in [-0.25, -0.2) is 19.3 Å². The van der Waals surface area contributed by atoms with E-state index in [-0.39, 0.29) is 5.56 Å². The Bertz CT molecular complexity index is 1420. The number of fused-ring (bicyclic) bond motifs is 2. The third kappa shape index (κ3) is 3.86. The third-order valence-corrected chi connectivity index (χ3v) is 6.30. The number of hydrogen-bond donors (Lipinski definition) is 2. The number of halogens is 1. The van der Waals surface area contributed by atoms with Gasteiger partial charge in [-0.15, -0.1) is 0 Å². The number of rotatable bonds is 6. The maximum atomic E-state index is 13.6. The summed E-state index contributed by atoms with van der Waals surface area (Å²) in [7, 11) is 0. The van der Waals surface area contributed by atoms with Crippen LogP contribution in [0.2, 0.25) is 0 Å². The second-order valence-electron chi connectivity index (χ2n) is 9.20. The van der Waals surface area contributed by atoms with Gasteiger partial charge in [-0.3, -0.25) is 9.18 Å². The van der Waals surface area contributed by atoms with E-state index >= 15 is 0 Å². The van der Waals surface area contributed by atoms with Gasteiger partial charge >= 0.3 is 0 Å². The predicted molar refractivity (Wildman–Crippen MR) is 131 cm³/mol. The highest BCUT2D eigenvalue weighted by Gasteiger charge is 2.24. The van der Waals surface area contributed by atoms with Crippen molar-refractivity contribution >= 4 is 22.7 Å². The third-order valence-electron chi connectivity index (χ3n) is 6.30. The van der Waals surface area contributed by atoms with Crippen molar-refractivity contribution in [3.05, 3.63) is 69.8 Å². The molecule has 5 rings (SSSR count). The van der Waals surface area contributed by atoms with Crippen molar-refractivity contribution in [2.75, 3.05) is 18.5 Å². The maximum Gasteiger partial charge on any atom is 0.278 e. The van der Waals surface area contributed by atoms with Crippen molar-refractivity contribution in [1.82, 2.24) is 29.6 Å². The van der Waals surface area contributed by atoms with Gasteiger partial charge < -0.3 is 10.6 Å². The van der Waals surface area contributed by atoms with Gasteiger partial charge in [-0.2, -0.15) is 4.98 Å². The lowest BCUT2D eigenvalue weighted by atomic mass is 9.90. The van der Waals surface area contributed by atoms with Crippen LogP contribution in [0.15, 0.2) is 47.4 Å². The van der Waals surface area contributed by atoms with Gasteiger partial charge in [0.1, 0.15) is 12.1 Å². The van der Waals surface area contributed by atoms with Crippen LogP contribution in [0.25, 0.3) is 16.9 Å². The van der Waals surface area contributed by atoms with Crippen molar-refractivity contribution in [2.45, 2.75) is 45.7 Å². The van der Waals surface area contributed by atoms with Crippen LogP contribution >= 0.6 is 0 Å². The van der Waals surface area contributed by atoms with E-state index < -0.39 is 12.1 Å². The molecule has 0 spiro atoms. The summed E-state index contributed by atoms with van der Waals surface area (Å²) in [6, 6.07) is 11.7. The second kappa shape index (κ2) is 8.64. The first-order chi connectivity index (χ1) is 16.4. The molecule has 8 nitrogen and oxygen atoms in total. The van der Waals surface area contributed by atoms with Crippen molar-refractivity contribution in [3.63, 3.8) is 0 Å². The van der Waals surface area contributed by atoms with Gasteiger partial charge in [-0.1, -0.05) is 26.0 Å². The van der Waals surface area contributed by atoms with Crippen molar-refractivity contribution in [3.8, 4) is 5.82 Å². The number of nitrogens with one attached hydrogen (secondary N) is 2. The first-order valence-electron chi connectivity index (χ1n) is 11.5. The van der Waals surface area contributed by atoms with E-state index in [0.29, 0.717) is 35.0 Å². The largest absolute Gasteiger partial charge is 0.324 e. The maximum absolute atomic E-state index is 13.6. The molecule has 0 atom stereocenters.